The van der Waals surface area contributed by atoms with Gasteiger partial charge < -0.3 is 14.1 Å². The molecule has 3 heterocycles. The Hall–Kier alpha value is -2.37. The molecule has 0 aromatic carbocycles. The molecular formula is C15H17N3O3. The molecule has 1 fully saturated rings. The van der Waals surface area contributed by atoms with Crippen molar-refractivity contribution < 1.29 is 13.9 Å². The number of aromatic nitrogens is 2. The van der Waals surface area contributed by atoms with Gasteiger partial charge in [-0.1, -0.05) is 0 Å². The van der Waals surface area contributed by atoms with Gasteiger partial charge in [-0.3, -0.25) is 0 Å². The molecule has 0 saturated carbocycles. The van der Waals surface area contributed by atoms with Crippen molar-refractivity contribution in [1.29, 1.82) is 0 Å². The third-order valence-electron chi connectivity index (χ3n) is 3.41. The number of rotatable bonds is 4. The molecule has 2 aromatic rings. The van der Waals surface area contributed by atoms with E-state index in [0.29, 0.717) is 29.6 Å². The van der Waals surface area contributed by atoms with E-state index in [4.69, 9.17) is 9.15 Å². The van der Waals surface area contributed by atoms with Crippen LogP contribution in [0.4, 0.5) is 5.82 Å². The third kappa shape index (κ3) is 2.74. The second-order valence-electron chi connectivity index (χ2n) is 4.82. The monoisotopic (exact) mass is 287 g/mol. The van der Waals surface area contributed by atoms with Crippen LogP contribution in [0, 0.1) is 0 Å². The number of hydrogen-bond acceptors (Lipinski definition) is 6. The minimum absolute atomic E-state index is 0.332. The van der Waals surface area contributed by atoms with Crippen LogP contribution in [-0.4, -0.2) is 35.6 Å². The summed E-state index contributed by atoms with van der Waals surface area (Å²) in [6, 6.07) is 3.58. The molecule has 0 bridgehead atoms. The molecule has 0 spiro atoms. The Morgan fingerprint density at radius 2 is 2.24 bits per heavy atom. The molecule has 0 unspecified atom stereocenters. The van der Waals surface area contributed by atoms with E-state index in [1.807, 2.05) is 0 Å². The highest BCUT2D eigenvalue weighted by Crippen LogP contribution is 2.26. The van der Waals surface area contributed by atoms with Gasteiger partial charge in [0.25, 0.3) is 0 Å². The molecule has 0 radical (unpaired) electrons. The molecule has 6 nitrogen and oxygen atoms in total. The maximum absolute atomic E-state index is 12.1. The first kappa shape index (κ1) is 13.6. The molecule has 0 aliphatic carbocycles. The lowest BCUT2D eigenvalue weighted by Gasteiger charge is -2.19. The number of anilines is 1. The van der Waals surface area contributed by atoms with Crippen molar-refractivity contribution in [3.63, 3.8) is 0 Å². The standard InChI is InChI=1S/C15H17N3O3/c1-2-20-15(19)11-10-16-13(12-6-5-9-21-12)17-14(11)18-7-3-4-8-18/h5-6,9-10H,2-4,7-8H2,1H3. The fourth-order valence-electron chi connectivity index (χ4n) is 2.42. The topological polar surface area (TPSA) is 68.5 Å². The predicted molar refractivity (Wildman–Crippen MR) is 77.1 cm³/mol. The first-order valence-corrected chi connectivity index (χ1v) is 7.12. The van der Waals surface area contributed by atoms with E-state index in [1.165, 1.54) is 6.20 Å². The minimum Gasteiger partial charge on any atom is -0.462 e. The summed E-state index contributed by atoms with van der Waals surface area (Å²) < 4.78 is 10.4. The average molecular weight is 287 g/mol. The van der Waals surface area contributed by atoms with Crippen molar-refractivity contribution in [2.24, 2.45) is 0 Å². The van der Waals surface area contributed by atoms with Crippen LogP contribution in [0.2, 0.25) is 0 Å². The minimum atomic E-state index is -0.384. The van der Waals surface area contributed by atoms with Gasteiger partial charge in [0, 0.05) is 19.3 Å². The van der Waals surface area contributed by atoms with Gasteiger partial charge in [0.2, 0.25) is 0 Å². The van der Waals surface area contributed by atoms with Gasteiger partial charge >= 0.3 is 5.97 Å². The summed E-state index contributed by atoms with van der Waals surface area (Å²) in [5.41, 5.74) is 0.411. The quantitative estimate of drug-likeness (QED) is 0.805. The normalized spacial score (nSPS) is 14.4. The molecule has 3 rings (SSSR count). The second-order valence-corrected chi connectivity index (χ2v) is 4.82. The number of carbonyl (C=O) groups excluding carboxylic acids is 1. The summed E-state index contributed by atoms with van der Waals surface area (Å²) in [6.45, 7) is 3.89. The summed E-state index contributed by atoms with van der Waals surface area (Å²) in [5.74, 6) is 1.32. The smallest absolute Gasteiger partial charge is 0.343 e. The molecule has 0 amide bonds. The Bertz CT molecular complexity index is 619. The second kappa shape index (κ2) is 5.95. The van der Waals surface area contributed by atoms with E-state index in [-0.39, 0.29) is 5.97 Å². The van der Waals surface area contributed by atoms with E-state index in [2.05, 4.69) is 14.9 Å². The molecule has 21 heavy (non-hydrogen) atoms. The number of carbonyl (C=O) groups is 1. The fraction of sp³-hybridized carbons (Fsp3) is 0.400. The van der Waals surface area contributed by atoms with Crippen molar-refractivity contribution in [3.05, 3.63) is 30.2 Å². The highest BCUT2D eigenvalue weighted by Gasteiger charge is 2.23. The first-order chi connectivity index (χ1) is 10.3. The highest BCUT2D eigenvalue weighted by atomic mass is 16.5. The molecule has 1 aliphatic rings. The summed E-state index contributed by atoms with van der Waals surface area (Å²) in [4.78, 5) is 22.9. The van der Waals surface area contributed by atoms with Gasteiger partial charge in [0.1, 0.15) is 11.4 Å². The number of ether oxygens (including phenoxy) is 1. The highest BCUT2D eigenvalue weighted by molar-refractivity contribution is 5.94. The third-order valence-corrected chi connectivity index (χ3v) is 3.41. The van der Waals surface area contributed by atoms with Crippen LogP contribution in [0.25, 0.3) is 11.6 Å². The maximum atomic E-state index is 12.1. The molecule has 110 valence electrons. The lowest BCUT2D eigenvalue weighted by atomic mass is 10.2. The molecule has 1 aliphatic heterocycles. The van der Waals surface area contributed by atoms with Crippen LogP contribution < -0.4 is 4.90 Å². The Kier molecular flexibility index (Phi) is 3.85. The zero-order valence-corrected chi connectivity index (χ0v) is 11.9. The Morgan fingerprint density at radius 1 is 1.43 bits per heavy atom. The predicted octanol–water partition coefficient (Wildman–Crippen LogP) is 2.51. The zero-order valence-electron chi connectivity index (χ0n) is 11.9. The number of nitrogens with zero attached hydrogens (tertiary/aromatic N) is 3. The van der Waals surface area contributed by atoms with Gasteiger partial charge in [-0.15, -0.1) is 0 Å². The number of hydrogen-bond donors (Lipinski definition) is 0. The van der Waals surface area contributed by atoms with Gasteiger partial charge in [0.05, 0.1) is 12.9 Å². The van der Waals surface area contributed by atoms with Crippen molar-refractivity contribution >= 4 is 11.8 Å². The van der Waals surface area contributed by atoms with Crippen molar-refractivity contribution in [3.8, 4) is 11.6 Å². The molecule has 0 atom stereocenters. The number of furan rings is 1. The Balaban J connectivity index is 2.01. The number of esters is 1. The lowest BCUT2D eigenvalue weighted by molar-refractivity contribution is 0.0526. The summed E-state index contributed by atoms with van der Waals surface area (Å²) in [5, 5.41) is 0. The van der Waals surface area contributed by atoms with Crippen LogP contribution in [0.5, 0.6) is 0 Å². The van der Waals surface area contributed by atoms with E-state index in [0.717, 1.165) is 25.9 Å². The van der Waals surface area contributed by atoms with Crippen LogP contribution in [0.1, 0.15) is 30.1 Å². The summed E-state index contributed by atoms with van der Waals surface area (Å²) in [7, 11) is 0. The van der Waals surface area contributed by atoms with Crippen LogP contribution in [0.3, 0.4) is 0 Å². The van der Waals surface area contributed by atoms with Crippen LogP contribution >= 0.6 is 0 Å². The van der Waals surface area contributed by atoms with Crippen LogP contribution in [-0.2, 0) is 4.74 Å². The summed E-state index contributed by atoms with van der Waals surface area (Å²) >= 11 is 0. The molecule has 1 saturated heterocycles. The van der Waals surface area contributed by atoms with Crippen LogP contribution in [0.15, 0.2) is 29.0 Å². The van der Waals surface area contributed by atoms with Crippen molar-refractivity contribution in [2.75, 3.05) is 24.6 Å². The summed E-state index contributed by atoms with van der Waals surface area (Å²) in [6.07, 6.45) is 5.30. The molecular weight excluding hydrogens is 270 g/mol. The fourth-order valence-corrected chi connectivity index (χ4v) is 2.42. The molecule has 6 heteroatoms. The van der Waals surface area contributed by atoms with Gasteiger partial charge in [0.15, 0.2) is 11.6 Å². The largest absolute Gasteiger partial charge is 0.462 e. The zero-order chi connectivity index (χ0) is 14.7. The SMILES string of the molecule is CCOC(=O)c1cnc(-c2ccco2)nc1N1CCCC1. The van der Waals surface area contributed by atoms with Gasteiger partial charge in [-0.05, 0) is 31.9 Å². The van der Waals surface area contributed by atoms with E-state index < -0.39 is 0 Å². The van der Waals surface area contributed by atoms with Crippen molar-refractivity contribution in [2.45, 2.75) is 19.8 Å². The molecule has 0 N–H and O–H groups in total. The van der Waals surface area contributed by atoms with E-state index in [9.17, 15) is 4.79 Å². The van der Waals surface area contributed by atoms with E-state index >= 15 is 0 Å². The van der Waals surface area contributed by atoms with E-state index in [1.54, 1.807) is 25.3 Å². The Morgan fingerprint density at radius 3 is 2.90 bits per heavy atom. The van der Waals surface area contributed by atoms with Gasteiger partial charge in [-0.2, -0.15) is 0 Å². The maximum Gasteiger partial charge on any atom is 0.343 e. The lowest BCUT2D eigenvalue weighted by Crippen LogP contribution is -2.23. The average Bonchev–Trinajstić information content (AvgIpc) is 3.20. The van der Waals surface area contributed by atoms with Gasteiger partial charge in [-0.25, -0.2) is 14.8 Å². The molecule has 2 aromatic heterocycles. The first-order valence-electron chi connectivity index (χ1n) is 7.12. The Labute approximate surface area is 122 Å². The van der Waals surface area contributed by atoms with Crippen molar-refractivity contribution in [1.82, 2.24) is 9.97 Å².